The molecule has 0 aromatic carbocycles. The molecule has 0 aliphatic carbocycles. The number of halogens is 1. The van der Waals surface area contributed by atoms with Crippen molar-refractivity contribution in [3.05, 3.63) is 24.2 Å². The Labute approximate surface area is 88.0 Å². The molecule has 0 fully saturated rings. The second-order valence-corrected chi connectivity index (χ2v) is 4.61. The fraction of sp³-hybridized carbons (Fsp3) is 0.500. The van der Waals surface area contributed by atoms with Crippen molar-refractivity contribution in [3.8, 4) is 0 Å². The van der Waals surface area contributed by atoms with Gasteiger partial charge < -0.3 is 9.15 Å². The van der Waals surface area contributed by atoms with E-state index < -0.39 is 5.97 Å². The van der Waals surface area contributed by atoms with Gasteiger partial charge in [-0.05, 0) is 26.0 Å². The Balaban J connectivity index is 2.30. The van der Waals surface area contributed by atoms with E-state index in [4.69, 9.17) is 20.8 Å². The van der Waals surface area contributed by atoms with Gasteiger partial charge in [-0.3, -0.25) is 0 Å². The van der Waals surface area contributed by atoms with Crippen LogP contribution in [0.3, 0.4) is 0 Å². The zero-order chi connectivity index (χ0) is 10.6. The van der Waals surface area contributed by atoms with E-state index in [-0.39, 0.29) is 10.6 Å². The number of hydrogen-bond donors (Lipinski definition) is 0. The van der Waals surface area contributed by atoms with Gasteiger partial charge in [-0.25, -0.2) is 4.79 Å². The Morgan fingerprint density at radius 2 is 2.36 bits per heavy atom. The van der Waals surface area contributed by atoms with Gasteiger partial charge in [-0.2, -0.15) is 0 Å². The number of carbonyl (C=O) groups is 1. The highest BCUT2D eigenvalue weighted by atomic mass is 35.5. The summed E-state index contributed by atoms with van der Waals surface area (Å²) >= 11 is 5.93. The van der Waals surface area contributed by atoms with Crippen LogP contribution in [0.2, 0.25) is 0 Å². The molecule has 3 nitrogen and oxygen atoms in total. The summed E-state index contributed by atoms with van der Waals surface area (Å²) in [5.41, 5.74) is 0. The highest BCUT2D eigenvalue weighted by Gasteiger charge is 2.15. The van der Waals surface area contributed by atoms with Crippen LogP contribution in [-0.4, -0.2) is 17.5 Å². The minimum absolute atomic E-state index is 0.220. The Bertz CT molecular complexity index is 285. The van der Waals surface area contributed by atoms with Crippen LogP contribution in [0.4, 0.5) is 0 Å². The molecule has 0 bridgehead atoms. The van der Waals surface area contributed by atoms with E-state index in [1.165, 1.54) is 6.26 Å². The fourth-order valence-corrected chi connectivity index (χ4v) is 0.929. The van der Waals surface area contributed by atoms with Crippen molar-refractivity contribution in [1.82, 2.24) is 0 Å². The van der Waals surface area contributed by atoms with Gasteiger partial charge in [-0.15, -0.1) is 11.6 Å². The van der Waals surface area contributed by atoms with Gasteiger partial charge in [0.15, 0.2) is 0 Å². The maximum atomic E-state index is 11.2. The van der Waals surface area contributed by atoms with E-state index in [9.17, 15) is 4.79 Å². The van der Waals surface area contributed by atoms with E-state index in [0.717, 1.165) is 0 Å². The zero-order valence-corrected chi connectivity index (χ0v) is 9.00. The van der Waals surface area contributed by atoms with E-state index in [2.05, 4.69) is 0 Å². The van der Waals surface area contributed by atoms with Crippen molar-refractivity contribution in [2.24, 2.45) is 0 Å². The minimum atomic E-state index is -0.448. The van der Waals surface area contributed by atoms with Gasteiger partial charge in [0.25, 0.3) is 0 Å². The summed E-state index contributed by atoms with van der Waals surface area (Å²) in [6.45, 7) is 4.04. The average Bonchev–Trinajstić information content (AvgIpc) is 2.53. The summed E-state index contributed by atoms with van der Waals surface area (Å²) in [6, 6.07) is 3.20. The molecule has 14 heavy (non-hydrogen) atoms. The predicted octanol–water partition coefficient (Wildman–Crippen LogP) is 2.84. The van der Waals surface area contributed by atoms with Crippen molar-refractivity contribution >= 4 is 17.6 Å². The molecule has 0 amide bonds. The van der Waals surface area contributed by atoms with Gasteiger partial charge in [0.05, 0.1) is 12.9 Å². The third-order valence-corrected chi connectivity index (χ3v) is 1.84. The van der Waals surface area contributed by atoms with Crippen molar-refractivity contribution in [2.75, 3.05) is 6.61 Å². The van der Waals surface area contributed by atoms with Crippen LogP contribution in [0.25, 0.3) is 0 Å². The summed E-state index contributed by atoms with van der Waals surface area (Å²) in [7, 11) is 0. The lowest BCUT2D eigenvalue weighted by Gasteiger charge is -2.14. The first kappa shape index (κ1) is 11.1. The van der Waals surface area contributed by atoms with Gasteiger partial charge in [0.2, 0.25) is 5.76 Å². The average molecular weight is 217 g/mol. The van der Waals surface area contributed by atoms with Crippen molar-refractivity contribution < 1.29 is 13.9 Å². The molecule has 0 N–H and O–H groups in total. The zero-order valence-electron chi connectivity index (χ0n) is 8.25. The third-order valence-electron chi connectivity index (χ3n) is 1.65. The molecule has 0 saturated heterocycles. The largest absolute Gasteiger partial charge is 0.460 e. The second-order valence-electron chi connectivity index (χ2n) is 3.58. The normalized spacial score (nSPS) is 11.4. The maximum Gasteiger partial charge on any atom is 0.374 e. The lowest BCUT2D eigenvalue weighted by atomic mass is 10.1. The molecule has 0 aliphatic heterocycles. The van der Waals surface area contributed by atoms with Crippen LogP contribution in [-0.2, 0) is 4.74 Å². The molecule has 0 spiro atoms. The number of esters is 1. The molecule has 0 radical (unpaired) electrons. The van der Waals surface area contributed by atoms with Crippen molar-refractivity contribution in [3.63, 3.8) is 0 Å². The molecule has 0 aliphatic rings. The van der Waals surface area contributed by atoms with Gasteiger partial charge in [0.1, 0.15) is 0 Å². The number of furan rings is 1. The maximum absolute atomic E-state index is 11.2. The molecular formula is C10H13ClO3. The van der Waals surface area contributed by atoms with Crippen LogP contribution in [0.1, 0.15) is 30.8 Å². The van der Waals surface area contributed by atoms with Gasteiger partial charge in [0, 0.05) is 11.3 Å². The summed E-state index contributed by atoms with van der Waals surface area (Å²) in [6.07, 6.45) is 2.04. The molecule has 1 heterocycles. The molecule has 0 unspecified atom stereocenters. The molecule has 0 saturated carbocycles. The number of alkyl halides is 1. The molecule has 1 aromatic heterocycles. The van der Waals surface area contributed by atoms with Crippen molar-refractivity contribution in [2.45, 2.75) is 25.1 Å². The minimum Gasteiger partial charge on any atom is -0.460 e. The molecule has 4 heteroatoms. The topological polar surface area (TPSA) is 39.4 Å². The molecule has 1 aromatic rings. The van der Waals surface area contributed by atoms with Crippen LogP contribution < -0.4 is 0 Å². The predicted molar refractivity (Wildman–Crippen MR) is 53.5 cm³/mol. The van der Waals surface area contributed by atoms with Crippen LogP contribution in [0.15, 0.2) is 22.8 Å². The number of rotatable bonds is 4. The Morgan fingerprint density at radius 3 is 2.86 bits per heavy atom. The first-order valence-electron chi connectivity index (χ1n) is 4.38. The van der Waals surface area contributed by atoms with Gasteiger partial charge in [-0.1, -0.05) is 0 Å². The van der Waals surface area contributed by atoms with Crippen LogP contribution >= 0.6 is 11.6 Å². The summed E-state index contributed by atoms with van der Waals surface area (Å²) in [5, 5.41) is 0. The highest BCUT2D eigenvalue weighted by Crippen LogP contribution is 2.17. The first-order valence-corrected chi connectivity index (χ1v) is 4.76. The monoisotopic (exact) mass is 216 g/mol. The molecule has 1 rings (SSSR count). The Kier molecular flexibility index (Phi) is 3.58. The number of ether oxygens (including phenoxy) is 1. The SMILES string of the molecule is CC(C)(Cl)CCOC(=O)c1ccco1. The number of hydrogen-bond acceptors (Lipinski definition) is 3. The fourth-order valence-electron chi connectivity index (χ4n) is 0.852. The molecule has 0 atom stereocenters. The lowest BCUT2D eigenvalue weighted by Crippen LogP contribution is -2.15. The quantitative estimate of drug-likeness (QED) is 0.574. The molecular weight excluding hydrogens is 204 g/mol. The van der Waals surface area contributed by atoms with E-state index >= 15 is 0 Å². The first-order chi connectivity index (χ1) is 6.49. The van der Waals surface area contributed by atoms with Crippen molar-refractivity contribution in [1.29, 1.82) is 0 Å². The Morgan fingerprint density at radius 1 is 1.64 bits per heavy atom. The smallest absolute Gasteiger partial charge is 0.374 e. The highest BCUT2D eigenvalue weighted by molar-refractivity contribution is 6.23. The third kappa shape index (κ3) is 3.83. The van der Waals surface area contributed by atoms with Crippen LogP contribution in [0.5, 0.6) is 0 Å². The van der Waals surface area contributed by atoms with E-state index in [1.807, 2.05) is 13.8 Å². The van der Waals surface area contributed by atoms with Gasteiger partial charge >= 0.3 is 5.97 Å². The summed E-state index contributed by atoms with van der Waals surface area (Å²) in [4.78, 5) is 10.9. The van der Waals surface area contributed by atoms with E-state index in [0.29, 0.717) is 13.0 Å². The standard InChI is InChI=1S/C10H13ClO3/c1-10(2,11)5-7-14-9(12)8-4-3-6-13-8/h3-4,6H,5,7H2,1-2H3. The molecule has 78 valence electrons. The summed E-state index contributed by atoms with van der Waals surface area (Å²) < 4.78 is 9.82. The lowest BCUT2D eigenvalue weighted by molar-refractivity contribution is 0.0456. The number of carbonyl (C=O) groups excluding carboxylic acids is 1. The van der Waals surface area contributed by atoms with Crippen LogP contribution in [0, 0.1) is 0 Å². The van der Waals surface area contributed by atoms with E-state index in [1.54, 1.807) is 12.1 Å². The summed E-state index contributed by atoms with van der Waals surface area (Å²) in [5.74, 6) is -0.228. The second kappa shape index (κ2) is 4.51. The Hall–Kier alpha value is -0.960.